The van der Waals surface area contributed by atoms with Gasteiger partial charge in [0.1, 0.15) is 6.54 Å². The Morgan fingerprint density at radius 3 is 2.55 bits per heavy atom. The number of anilines is 1. The summed E-state index contributed by atoms with van der Waals surface area (Å²) in [6.45, 7) is -1.26. The molecule has 150 valence electrons. The number of nitrogens with one attached hydrogen (secondary N) is 2. The van der Waals surface area contributed by atoms with Crippen molar-refractivity contribution in [2.24, 2.45) is 0 Å². The molecule has 10 heteroatoms. The fraction of sp³-hybridized carbons (Fsp3) is 0.158. The number of hydrogen-bond acceptors (Lipinski definition) is 6. The second-order valence-corrected chi connectivity index (χ2v) is 6.74. The molecule has 0 fully saturated rings. The molecule has 29 heavy (non-hydrogen) atoms. The first-order chi connectivity index (χ1) is 13.9. The highest BCUT2D eigenvalue weighted by atomic mass is 79.9. The molecule has 1 heterocycles. The summed E-state index contributed by atoms with van der Waals surface area (Å²) >= 11 is 3.30. The minimum Gasteiger partial charge on any atom is -0.454 e. The topological polar surface area (TPSA) is 120 Å². The number of hydrogen-bond donors (Lipinski definition) is 2. The number of amides is 2. The summed E-state index contributed by atoms with van der Waals surface area (Å²) in [6, 6.07) is 13.7. The van der Waals surface area contributed by atoms with Gasteiger partial charge >= 0.3 is 11.7 Å². The van der Waals surface area contributed by atoms with E-state index in [1.54, 1.807) is 48.5 Å². The van der Waals surface area contributed by atoms with Crippen molar-refractivity contribution in [2.45, 2.75) is 6.54 Å². The number of halogens is 1. The van der Waals surface area contributed by atoms with Crippen molar-refractivity contribution in [3.05, 3.63) is 63.6 Å². The van der Waals surface area contributed by atoms with Crippen LogP contribution in [0.5, 0.6) is 0 Å². The Morgan fingerprint density at radius 1 is 1.03 bits per heavy atom. The summed E-state index contributed by atoms with van der Waals surface area (Å²) in [5.41, 5.74) is 1.36. The summed E-state index contributed by atoms with van der Waals surface area (Å²) in [6.07, 6.45) is 0. The minimum atomic E-state index is -0.786. The summed E-state index contributed by atoms with van der Waals surface area (Å²) in [7, 11) is 0. The van der Waals surface area contributed by atoms with E-state index in [9.17, 15) is 19.2 Å². The summed E-state index contributed by atoms with van der Waals surface area (Å²) < 4.78 is 11.7. The molecule has 0 atom stereocenters. The Bertz CT molecular complexity index is 1120. The molecule has 9 nitrogen and oxygen atoms in total. The molecule has 0 saturated heterocycles. The van der Waals surface area contributed by atoms with Crippen LogP contribution in [0.15, 0.2) is 62.2 Å². The molecular weight excluding hydrogens is 446 g/mol. The van der Waals surface area contributed by atoms with E-state index in [2.05, 4.69) is 26.6 Å². The van der Waals surface area contributed by atoms with Gasteiger partial charge in [0, 0.05) is 4.47 Å². The van der Waals surface area contributed by atoms with Gasteiger partial charge in [0.2, 0.25) is 5.91 Å². The number of rotatable bonds is 7. The number of oxazole rings is 1. The fourth-order valence-electron chi connectivity index (χ4n) is 2.47. The molecule has 3 rings (SSSR count). The van der Waals surface area contributed by atoms with Gasteiger partial charge in [-0.25, -0.2) is 4.79 Å². The van der Waals surface area contributed by atoms with Gasteiger partial charge in [-0.1, -0.05) is 24.3 Å². The Labute approximate surface area is 172 Å². The monoisotopic (exact) mass is 461 g/mol. The average molecular weight is 462 g/mol. The maximum absolute atomic E-state index is 11.9. The molecule has 3 aromatic rings. The molecule has 1 aromatic heterocycles. The van der Waals surface area contributed by atoms with E-state index in [4.69, 9.17) is 9.15 Å². The highest BCUT2D eigenvalue weighted by molar-refractivity contribution is 9.10. The van der Waals surface area contributed by atoms with Crippen LogP contribution in [0.3, 0.4) is 0 Å². The fourth-order valence-corrected chi connectivity index (χ4v) is 2.86. The zero-order valence-corrected chi connectivity index (χ0v) is 16.6. The van der Waals surface area contributed by atoms with Crippen LogP contribution in [0, 0.1) is 0 Å². The molecule has 0 saturated carbocycles. The number of nitrogens with zero attached hydrogens (tertiary/aromatic N) is 1. The highest BCUT2D eigenvalue weighted by Crippen LogP contribution is 2.20. The van der Waals surface area contributed by atoms with E-state index in [1.807, 2.05) is 0 Å². The number of carbonyl (C=O) groups is 3. The van der Waals surface area contributed by atoms with Crippen molar-refractivity contribution in [2.75, 3.05) is 18.5 Å². The standard InChI is InChI=1S/C19H16BrN3O6/c20-12-5-1-2-6-13(12)22-16(24)9-21-17(25)11-28-18(26)10-23-14-7-3-4-8-15(14)29-19(23)27/h1-8H,9-11H2,(H,21,25)(H,22,24). The zero-order chi connectivity index (χ0) is 20.8. The molecular formula is C19H16BrN3O6. The molecule has 2 amide bonds. The summed E-state index contributed by atoms with van der Waals surface area (Å²) in [5, 5.41) is 4.97. The van der Waals surface area contributed by atoms with E-state index >= 15 is 0 Å². The third kappa shape index (κ3) is 5.32. The predicted molar refractivity (Wildman–Crippen MR) is 107 cm³/mol. The van der Waals surface area contributed by atoms with Crippen LogP contribution in [0.4, 0.5) is 5.69 Å². The van der Waals surface area contributed by atoms with Crippen LogP contribution in [-0.2, 0) is 25.7 Å². The van der Waals surface area contributed by atoms with Gasteiger partial charge in [0.25, 0.3) is 5.91 Å². The number of benzene rings is 2. The highest BCUT2D eigenvalue weighted by Gasteiger charge is 2.15. The van der Waals surface area contributed by atoms with Gasteiger partial charge in [-0.3, -0.25) is 19.0 Å². The van der Waals surface area contributed by atoms with Gasteiger partial charge in [0.05, 0.1) is 17.7 Å². The van der Waals surface area contributed by atoms with Crippen LogP contribution >= 0.6 is 15.9 Å². The van der Waals surface area contributed by atoms with Gasteiger partial charge in [-0.05, 0) is 40.2 Å². The lowest BCUT2D eigenvalue weighted by molar-refractivity contribution is -0.149. The maximum Gasteiger partial charge on any atom is 0.420 e. The number of carbonyl (C=O) groups excluding carboxylic acids is 3. The number of fused-ring (bicyclic) bond motifs is 1. The van der Waals surface area contributed by atoms with E-state index in [1.165, 1.54) is 0 Å². The molecule has 0 spiro atoms. The number of ether oxygens (including phenoxy) is 1. The summed E-state index contributed by atoms with van der Waals surface area (Å²) in [5.74, 6) is -2.57. The molecule has 0 aliphatic carbocycles. The van der Waals surface area contributed by atoms with E-state index in [-0.39, 0.29) is 6.54 Å². The first-order valence-electron chi connectivity index (χ1n) is 8.49. The molecule has 0 aliphatic rings. The van der Waals surface area contributed by atoms with Crippen LogP contribution < -0.4 is 16.4 Å². The van der Waals surface area contributed by atoms with Crippen molar-refractivity contribution in [3.8, 4) is 0 Å². The molecule has 0 radical (unpaired) electrons. The third-order valence-corrected chi connectivity index (χ3v) is 4.51. The Morgan fingerprint density at radius 2 is 1.76 bits per heavy atom. The van der Waals surface area contributed by atoms with Gasteiger partial charge in [0.15, 0.2) is 12.2 Å². The number of esters is 1. The molecule has 2 N–H and O–H groups in total. The molecule has 0 bridgehead atoms. The SMILES string of the molecule is O=C(COC(=O)Cn1c(=O)oc2ccccc21)NCC(=O)Nc1ccccc1Br. The normalized spacial score (nSPS) is 10.5. The first kappa shape index (κ1) is 20.3. The summed E-state index contributed by atoms with van der Waals surface area (Å²) in [4.78, 5) is 47.4. The van der Waals surface area contributed by atoms with Crippen LogP contribution in [-0.4, -0.2) is 35.5 Å². The lowest BCUT2D eigenvalue weighted by Gasteiger charge is -2.09. The Balaban J connectivity index is 1.45. The maximum atomic E-state index is 11.9. The lowest BCUT2D eigenvalue weighted by Crippen LogP contribution is -2.36. The average Bonchev–Trinajstić information content (AvgIpc) is 3.02. The van der Waals surface area contributed by atoms with Crippen molar-refractivity contribution in [1.29, 1.82) is 0 Å². The Hall–Kier alpha value is -3.40. The molecule has 0 aliphatic heterocycles. The zero-order valence-electron chi connectivity index (χ0n) is 15.0. The quantitative estimate of drug-likeness (QED) is 0.516. The second-order valence-electron chi connectivity index (χ2n) is 5.89. The third-order valence-electron chi connectivity index (χ3n) is 3.82. The van der Waals surface area contributed by atoms with Crippen LogP contribution in [0.1, 0.15) is 0 Å². The minimum absolute atomic E-state index is 0.288. The van der Waals surface area contributed by atoms with E-state index in [0.29, 0.717) is 21.3 Å². The largest absolute Gasteiger partial charge is 0.454 e. The molecule has 2 aromatic carbocycles. The van der Waals surface area contributed by atoms with Crippen LogP contribution in [0.25, 0.3) is 11.1 Å². The number of para-hydroxylation sites is 3. The smallest absolute Gasteiger partial charge is 0.420 e. The van der Waals surface area contributed by atoms with Gasteiger partial charge in [-0.2, -0.15) is 0 Å². The van der Waals surface area contributed by atoms with E-state index in [0.717, 1.165) is 4.57 Å². The molecule has 0 unspecified atom stereocenters. The lowest BCUT2D eigenvalue weighted by atomic mass is 10.3. The van der Waals surface area contributed by atoms with Crippen molar-refractivity contribution in [3.63, 3.8) is 0 Å². The van der Waals surface area contributed by atoms with E-state index < -0.39 is 36.7 Å². The van der Waals surface area contributed by atoms with Crippen molar-refractivity contribution in [1.82, 2.24) is 9.88 Å². The van der Waals surface area contributed by atoms with Crippen LogP contribution in [0.2, 0.25) is 0 Å². The van der Waals surface area contributed by atoms with Gasteiger partial charge in [-0.15, -0.1) is 0 Å². The first-order valence-corrected chi connectivity index (χ1v) is 9.28. The second kappa shape index (κ2) is 9.20. The number of aromatic nitrogens is 1. The van der Waals surface area contributed by atoms with Gasteiger partial charge < -0.3 is 19.8 Å². The van der Waals surface area contributed by atoms with Crippen molar-refractivity contribution < 1.29 is 23.5 Å². The Kier molecular flexibility index (Phi) is 6.45. The van der Waals surface area contributed by atoms with Crippen molar-refractivity contribution >= 4 is 50.5 Å². The predicted octanol–water partition coefficient (Wildman–Crippen LogP) is 1.66.